The molecule has 5 rings (SSSR count). The largest absolute Gasteiger partial charge is 0.492 e. The minimum absolute atomic E-state index is 0.134. The second-order valence-electron chi connectivity index (χ2n) is 9.21. The molecule has 4 aliphatic rings. The minimum atomic E-state index is -3.61. The molecule has 1 atom stereocenters. The number of amides is 1. The van der Waals surface area contributed by atoms with E-state index in [1.807, 2.05) is 11.0 Å². The number of piperidine rings is 1. The van der Waals surface area contributed by atoms with Crippen molar-refractivity contribution in [3.05, 3.63) is 24.3 Å². The zero-order valence-corrected chi connectivity index (χ0v) is 18.0. The van der Waals surface area contributed by atoms with Gasteiger partial charge in [-0.3, -0.25) is 10.2 Å². The molecule has 2 N–H and O–H groups in total. The fourth-order valence-electron chi connectivity index (χ4n) is 4.80. The molecule has 1 aliphatic carbocycles. The molecule has 1 aromatic rings. The maximum atomic E-state index is 13.5. The molecule has 3 fully saturated rings. The van der Waals surface area contributed by atoms with Crippen molar-refractivity contribution in [2.45, 2.75) is 43.0 Å². The molecule has 0 aromatic heterocycles. The van der Waals surface area contributed by atoms with E-state index in [2.05, 4.69) is 10.9 Å². The maximum absolute atomic E-state index is 13.5. The van der Waals surface area contributed by atoms with Crippen LogP contribution in [0.3, 0.4) is 0 Å². The number of nitrogens with zero attached hydrogens (tertiary/aromatic N) is 2. The number of rotatable bonds is 3. The summed E-state index contributed by atoms with van der Waals surface area (Å²) in [5, 5.41) is 0. The Morgan fingerprint density at radius 2 is 1.93 bits per heavy atom. The van der Waals surface area contributed by atoms with E-state index >= 15 is 0 Å². The summed E-state index contributed by atoms with van der Waals surface area (Å²) in [7, 11) is -3.61. The van der Waals surface area contributed by atoms with Gasteiger partial charge in [-0.05, 0) is 50.2 Å². The van der Waals surface area contributed by atoms with Crippen LogP contribution in [0.15, 0.2) is 29.2 Å². The lowest BCUT2D eigenvalue weighted by molar-refractivity contribution is -0.136. The van der Waals surface area contributed by atoms with Gasteiger partial charge in [0, 0.05) is 38.1 Å². The first-order chi connectivity index (χ1) is 14.5. The number of hydrogen-bond acceptors (Lipinski definition) is 6. The smallest absolute Gasteiger partial charge is 0.246 e. The lowest BCUT2D eigenvalue weighted by atomic mass is 9.78. The highest BCUT2D eigenvalue weighted by atomic mass is 32.2. The highest BCUT2D eigenvalue weighted by Gasteiger charge is 2.45. The zero-order valence-electron chi connectivity index (χ0n) is 17.2. The molecule has 3 aliphatic heterocycles. The summed E-state index contributed by atoms with van der Waals surface area (Å²) in [6.07, 6.45) is 4.49. The number of hydrogen-bond donors (Lipinski definition) is 2. The Morgan fingerprint density at radius 3 is 2.63 bits per heavy atom. The molecule has 9 heteroatoms. The highest BCUT2D eigenvalue weighted by Crippen LogP contribution is 2.41. The Hall–Kier alpha value is -1.68. The molecule has 164 valence electrons. The van der Waals surface area contributed by atoms with Gasteiger partial charge < -0.3 is 9.64 Å². The van der Waals surface area contributed by atoms with Crippen LogP contribution in [-0.4, -0.2) is 68.9 Å². The number of likely N-dealkylation sites (tertiary alicyclic amines) is 1. The molecular formula is C21H30N4O4S. The van der Waals surface area contributed by atoms with Crippen LogP contribution in [0, 0.1) is 11.3 Å². The number of carbonyl (C=O) groups excluding carboxylic acids is 1. The number of sulfonamides is 1. The molecule has 1 aromatic carbocycles. The summed E-state index contributed by atoms with van der Waals surface area (Å²) in [4.78, 5) is 15.0. The molecule has 1 unspecified atom stereocenters. The molecule has 1 saturated carbocycles. The molecule has 8 nitrogen and oxygen atoms in total. The lowest BCUT2D eigenvalue weighted by Gasteiger charge is -2.45. The monoisotopic (exact) mass is 434 g/mol. The minimum Gasteiger partial charge on any atom is -0.492 e. The van der Waals surface area contributed by atoms with Gasteiger partial charge in [-0.2, -0.15) is 4.31 Å². The Bertz CT molecular complexity index is 903. The first-order valence-electron chi connectivity index (χ1n) is 11.0. The predicted molar refractivity (Wildman–Crippen MR) is 111 cm³/mol. The van der Waals surface area contributed by atoms with Crippen molar-refractivity contribution in [3.63, 3.8) is 0 Å². The SMILES string of the molecule is O=C(C1CCNN1)N1CCC2(CC1)COc1ccccc1S(=O)(=O)N(CC1CC1)C2. The van der Waals surface area contributed by atoms with Crippen LogP contribution in [0.5, 0.6) is 5.75 Å². The summed E-state index contributed by atoms with van der Waals surface area (Å²) in [5.74, 6) is 1.04. The van der Waals surface area contributed by atoms with Crippen molar-refractivity contribution in [1.82, 2.24) is 20.1 Å². The summed E-state index contributed by atoms with van der Waals surface area (Å²) >= 11 is 0. The molecule has 0 radical (unpaired) electrons. The van der Waals surface area contributed by atoms with Crippen LogP contribution >= 0.6 is 0 Å². The van der Waals surface area contributed by atoms with Crippen molar-refractivity contribution >= 4 is 15.9 Å². The van der Waals surface area contributed by atoms with Gasteiger partial charge in [0.15, 0.2) is 0 Å². The number of fused-ring (bicyclic) bond motifs is 1. The van der Waals surface area contributed by atoms with E-state index in [4.69, 9.17) is 4.74 Å². The summed E-state index contributed by atoms with van der Waals surface area (Å²) in [5.41, 5.74) is 5.80. The molecule has 1 amide bonds. The third-order valence-electron chi connectivity index (χ3n) is 6.94. The van der Waals surface area contributed by atoms with Crippen LogP contribution in [0.4, 0.5) is 0 Å². The Morgan fingerprint density at radius 1 is 1.17 bits per heavy atom. The maximum Gasteiger partial charge on any atom is 0.246 e. The highest BCUT2D eigenvalue weighted by molar-refractivity contribution is 7.89. The molecule has 0 bridgehead atoms. The van der Waals surface area contributed by atoms with Crippen molar-refractivity contribution in [2.24, 2.45) is 11.3 Å². The van der Waals surface area contributed by atoms with E-state index in [-0.39, 0.29) is 22.3 Å². The van der Waals surface area contributed by atoms with Crippen LogP contribution in [0.1, 0.15) is 32.1 Å². The first-order valence-corrected chi connectivity index (χ1v) is 12.4. The van der Waals surface area contributed by atoms with E-state index in [1.54, 1.807) is 22.5 Å². The number of hydrazine groups is 1. The predicted octanol–water partition coefficient (Wildman–Crippen LogP) is 0.955. The average Bonchev–Trinajstić information content (AvgIpc) is 3.40. The fraction of sp³-hybridized carbons (Fsp3) is 0.667. The molecule has 1 spiro atoms. The number of benzene rings is 1. The topological polar surface area (TPSA) is 91.0 Å². The van der Waals surface area contributed by atoms with Gasteiger partial charge in [0.25, 0.3) is 0 Å². The number of ether oxygens (including phenoxy) is 1. The standard InChI is InChI=1S/C21H30N4O4S/c26-20(17-7-10-22-23-17)24-11-8-21(9-12-24)14-25(13-16-5-6-16)30(27,28)19-4-2-1-3-18(19)29-15-21/h1-4,16-17,22-23H,5-15H2. The second-order valence-corrected chi connectivity index (χ2v) is 11.1. The van der Waals surface area contributed by atoms with E-state index in [0.29, 0.717) is 44.5 Å². The quantitative estimate of drug-likeness (QED) is 0.736. The zero-order chi connectivity index (χ0) is 20.8. The Kier molecular flexibility index (Phi) is 5.25. The molecule has 30 heavy (non-hydrogen) atoms. The second kappa shape index (κ2) is 7.78. The molecule has 3 heterocycles. The van der Waals surface area contributed by atoms with E-state index in [9.17, 15) is 13.2 Å². The van der Waals surface area contributed by atoms with Gasteiger partial charge in [-0.1, -0.05) is 12.1 Å². The summed E-state index contributed by atoms with van der Waals surface area (Å²) in [6.45, 7) is 3.60. The molecule has 2 saturated heterocycles. The normalized spacial score (nSPS) is 28.4. The van der Waals surface area contributed by atoms with Crippen molar-refractivity contribution < 1.29 is 17.9 Å². The van der Waals surface area contributed by atoms with E-state index < -0.39 is 10.0 Å². The van der Waals surface area contributed by atoms with Gasteiger partial charge in [0.1, 0.15) is 16.7 Å². The number of nitrogens with one attached hydrogen (secondary N) is 2. The van der Waals surface area contributed by atoms with Crippen LogP contribution in [0.2, 0.25) is 0 Å². The van der Waals surface area contributed by atoms with Crippen molar-refractivity contribution in [3.8, 4) is 5.75 Å². The summed E-state index contributed by atoms with van der Waals surface area (Å²) in [6, 6.07) is 6.80. The third kappa shape index (κ3) is 3.84. The average molecular weight is 435 g/mol. The van der Waals surface area contributed by atoms with E-state index in [0.717, 1.165) is 38.6 Å². The third-order valence-corrected chi connectivity index (χ3v) is 8.79. The Labute approximate surface area is 178 Å². The van der Waals surface area contributed by atoms with Crippen LogP contribution in [0.25, 0.3) is 0 Å². The first kappa shape index (κ1) is 20.2. The summed E-state index contributed by atoms with van der Waals surface area (Å²) < 4.78 is 34.7. The Balaban J connectivity index is 1.37. The number of para-hydroxylation sites is 1. The van der Waals surface area contributed by atoms with Gasteiger partial charge in [-0.15, -0.1) is 0 Å². The van der Waals surface area contributed by atoms with Crippen molar-refractivity contribution in [1.29, 1.82) is 0 Å². The molecular weight excluding hydrogens is 404 g/mol. The van der Waals surface area contributed by atoms with Gasteiger partial charge in [-0.25, -0.2) is 13.8 Å². The van der Waals surface area contributed by atoms with Crippen LogP contribution in [-0.2, 0) is 14.8 Å². The van der Waals surface area contributed by atoms with E-state index in [1.165, 1.54) is 0 Å². The van der Waals surface area contributed by atoms with Gasteiger partial charge >= 0.3 is 0 Å². The fourth-order valence-corrected chi connectivity index (χ4v) is 6.56. The van der Waals surface area contributed by atoms with Crippen molar-refractivity contribution in [2.75, 3.05) is 39.3 Å². The van der Waals surface area contributed by atoms with Gasteiger partial charge in [0.05, 0.1) is 6.61 Å². The van der Waals surface area contributed by atoms with Crippen LogP contribution < -0.4 is 15.6 Å². The lowest BCUT2D eigenvalue weighted by Crippen LogP contribution is -2.55. The number of carbonyl (C=O) groups is 1. The van der Waals surface area contributed by atoms with Gasteiger partial charge in [0.2, 0.25) is 15.9 Å².